The average Bonchev–Trinajstić information content (AvgIpc) is 3.10. The molecule has 0 atom stereocenters. The van der Waals surface area contributed by atoms with Crippen LogP contribution in [0.1, 0.15) is 18.1 Å². The van der Waals surface area contributed by atoms with Crippen molar-refractivity contribution in [3.05, 3.63) is 65.9 Å². The summed E-state index contributed by atoms with van der Waals surface area (Å²) in [6.45, 7) is 2.12. The number of carbonyl (C=O) groups is 1. The second-order valence-electron chi connectivity index (χ2n) is 5.15. The molecule has 0 amide bonds. The summed E-state index contributed by atoms with van der Waals surface area (Å²) in [5.74, 6) is 0.332. The summed E-state index contributed by atoms with van der Waals surface area (Å²) in [6.07, 6.45) is 3.25. The highest BCUT2D eigenvalue weighted by atomic mass is 16.5. The summed E-state index contributed by atoms with van der Waals surface area (Å²) in [7, 11) is 1.61. The fraction of sp³-hybridized carbons (Fsp3) is 0.158. The molecular formula is C19H18N2O3. The number of carbonyl (C=O) groups excluding carboxylic acids is 1. The van der Waals surface area contributed by atoms with Gasteiger partial charge in [0.25, 0.3) is 0 Å². The van der Waals surface area contributed by atoms with E-state index < -0.39 is 0 Å². The largest absolute Gasteiger partial charge is 0.494 e. The summed E-state index contributed by atoms with van der Waals surface area (Å²) < 4.78 is 10.5. The highest BCUT2D eigenvalue weighted by molar-refractivity contribution is 6.03. The summed E-state index contributed by atoms with van der Waals surface area (Å²) in [4.78, 5) is 12.1. The van der Waals surface area contributed by atoms with E-state index in [0.717, 1.165) is 27.6 Å². The maximum absolute atomic E-state index is 12.1. The molecule has 1 aromatic heterocycles. The van der Waals surface area contributed by atoms with E-state index in [9.17, 15) is 4.79 Å². The molecule has 1 heterocycles. The van der Waals surface area contributed by atoms with E-state index in [1.54, 1.807) is 20.2 Å². The lowest BCUT2D eigenvalue weighted by Gasteiger charge is -2.11. The molecule has 0 aliphatic rings. The Morgan fingerprint density at radius 1 is 1.21 bits per heavy atom. The smallest absolute Gasteiger partial charge is 0.331 e. The Labute approximate surface area is 139 Å². The third-order valence-electron chi connectivity index (χ3n) is 3.72. The molecule has 0 bridgehead atoms. The number of aromatic amines is 1. The maximum atomic E-state index is 12.1. The fourth-order valence-corrected chi connectivity index (χ4v) is 2.65. The van der Waals surface area contributed by atoms with Gasteiger partial charge in [-0.25, -0.2) is 4.79 Å². The minimum Gasteiger partial charge on any atom is -0.494 e. The van der Waals surface area contributed by atoms with Crippen molar-refractivity contribution < 1.29 is 14.3 Å². The van der Waals surface area contributed by atoms with Crippen molar-refractivity contribution in [2.75, 3.05) is 13.7 Å². The van der Waals surface area contributed by atoms with Crippen LogP contribution in [0.3, 0.4) is 0 Å². The number of nitrogens with one attached hydrogen (secondary N) is 1. The van der Waals surface area contributed by atoms with Gasteiger partial charge in [0.1, 0.15) is 11.3 Å². The monoisotopic (exact) mass is 322 g/mol. The first-order valence-electron chi connectivity index (χ1n) is 7.69. The van der Waals surface area contributed by atoms with Crippen LogP contribution in [0.4, 0.5) is 0 Å². The Morgan fingerprint density at radius 2 is 2.00 bits per heavy atom. The topological polar surface area (TPSA) is 64.2 Å². The van der Waals surface area contributed by atoms with Crippen molar-refractivity contribution in [3.63, 3.8) is 0 Å². The van der Waals surface area contributed by atoms with E-state index >= 15 is 0 Å². The standard InChI is InChI=1S/C19H18N2O3/c1-3-24-18(22)11-15(13-7-5-4-6-8-13)14-9-10-17(23-2)19-16(14)12-20-21-19/h4-12H,3H2,1-2H3,(H,20,21)/b15-11+. The lowest BCUT2D eigenvalue weighted by Crippen LogP contribution is -2.02. The molecule has 3 aromatic rings. The number of aromatic nitrogens is 2. The lowest BCUT2D eigenvalue weighted by molar-refractivity contribution is -0.137. The number of hydrogen-bond donors (Lipinski definition) is 1. The Kier molecular flexibility index (Phi) is 4.61. The number of nitrogens with zero attached hydrogens (tertiary/aromatic N) is 1. The molecule has 0 unspecified atom stereocenters. The summed E-state index contributed by atoms with van der Waals surface area (Å²) in [5, 5.41) is 7.94. The number of hydrogen-bond acceptors (Lipinski definition) is 4. The van der Waals surface area contributed by atoms with Gasteiger partial charge in [-0.15, -0.1) is 0 Å². The molecule has 0 spiro atoms. The van der Waals surface area contributed by atoms with E-state index in [0.29, 0.717) is 12.4 Å². The number of benzene rings is 2. The van der Waals surface area contributed by atoms with E-state index in [1.165, 1.54) is 6.08 Å². The molecule has 0 saturated heterocycles. The second-order valence-corrected chi connectivity index (χ2v) is 5.15. The van der Waals surface area contributed by atoms with Crippen molar-refractivity contribution in [2.45, 2.75) is 6.92 Å². The third kappa shape index (κ3) is 3.01. The Balaban J connectivity index is 2.20. The van der Waals surface area contributed by atoms with E-state index in [-0.39, 0.29) is 5.97 Å². The molecule has 0 fully saturated rings. The first kappa shape index (κ1) is 15.8. The Bertz CT molecular complexity index is 882. The fourth-order valence-electron chi connectivity index (χ4n) is 2.65. The van der Waals surface area contributed by atoms with Crippen molar-refractivity contribution >= 4 is 22.4 Å². The molecular weight excluding hydrogens is 304 g/mol. The van der Waals surface area contributed by atoms with Crippen LogP contribution in [0.25, 0.3) is 16.5 Å². The van der Waals surface area contributed by atoms with Crippen LogP contribution in [-0.4, -0.2) is 29.9 Å². The molecule has 0 aliphatic carbocycles. The van der Waals surface area contributed by atoms with Crippen molar-refractivity contribution in [3.8, 4) is 5.75 Å². The predicted octanol–water partition coefficient (Wildman–Crippen LogP) is 3.57. The van der Waals surface area contributed by atoms with Gasteiger partial charge in [0, 0.05) is 11.5 Å². The lowest BCUT2D eigenvalue weighted by atomic mass is 9.95. The number of fused-ring (bicyclic) bond motifs is 1. The minimum atomic E-state index is -0.371. The van der Waals surface area contributed by atoms with Crippen LogP contribution in [0, 0.1) is 0 Å². The number of H-pyrrole nitrogens is 1. The van der Waals surface area contributed by atoms with Gasteiger partial charge in [0.15, 0.2) is 0 Å². The molecule has 1 N–H and O–H groups in total. The van der Waals surface area contributed by atoms with Crippen LogP contribution in [-0.2, 0) is 9.53 Å². The maximum Gasteiger partial charge on any atom is 0.331 e. The van der Waals surface area contributed by atoms with Gasteiger partial charge in [0.2, 0.25) is 0 Å². The molecule has 0 radical (unpaired) electrons. The van der Waals surface area contributed by atoms with Gasteiger partial charge in [-0.05, 0) is 35.8 Å². The number of ether oxygens (including phenoxy) is 2. The van der Waals surface area contributed by atoms with E-state index in [1.807, 2.05) is 42.5 Å². The van der Waals surface area contributed by atoms with Gasteiger partial charge in [0.05, 0.1) is 19.9 Å². The molecule has 24 heavy (non-hydrogen) atoms. The Morgan fingerprint density at radius 3 is 2.71 bits per heavy atom. The first-order valence-corrected chi connectivity index (χ1v) is 7.69. The first-order chi connectivity index (χ1) is 11.7. The number of rotatable bonds is 5. The van der Waals surface area contributed by atoms with Crippen LogP contribution in [0.2, 0.25) is 0 Å². The van der Waals surface area contributed by atoms with Gasteiger partial charge in [-0.2, -0.15) is 5.10 Å². The van der Waals surface area contributed by atoms with Gasteiger partial charge in [-0.1, -0.05) is 30.3 Å². The minimum absolute atomic E-state index is 0.334. The predicted molar refractivity (Wildman–Crippen MR) is 92.8 cm³/mol. The zero-order chi connectivity index (χ0) is 16.9. The van der Waals surface area contributed by atoms with E-state index in [4.69, 9.17) is 9.47 Å². The summed E-state index contributed by atoms with van der Waals surface area (Å²) in [5.41, 5.74) is 3.39. The third-order valence-corrected chi connectivity index (χ3v) is 3.72. The quantitative estimate of drug-likeness (QED) is 0.576. The average molecular weight is 322 g/mol. The number of methoxy groups -OCH3 is 1. The Hall–Kier alpha value is -3.08. The van der Waals surface area contributed by atoms with Gasteiger partial charge < -0.3 is 9.47 Å². The van der Waals surface area contributed by atoms with Gasteiger partial charge >= 0.3 is 5.97 Å². The molecule has 3 rings (SSSR count). The SMILES string of the molecule is CCOC(=O)/C=C(\c1ccccc1)c1ccc(OC)c2[nH]ncc12. The zero-order valence-corrected chi connectivity index (χ0v) is 13.6. The summed E-state index contributed by atoms with van der Waals surface area (Å²) in [6, 6.07) is 13.5. The molecule has 122 valence electrons. The van der Waals surface area contributed by atoms with Crippen LogP contribution in [0.15, 0.2) is 54.7 Å². The normalized spacial score (nSPS) is 11.5. The second kappa shape index (κ2) is 7.00. The molecule has 5 heteroatoms. The van der Waals surface area contributed by atoms with Crippen LogP contribution < -0.4 is 4.74 Å². The zero-order valence-electron chi connectivity index (χ0n) is 13.6. The highest BCUT2D eigenvalue weighted by Gasteiger charge is 2.15. The van der Waals surface area contributed by atoms with Crippen LogP contribution >= 0.6 is 0 Å². The molecule has 0 aliphatic heterocycles. The van der Waals surface area contributed by atoms with Gasteiger partial charge in [-0.3, -0.25) is 5.10 Å². The van der Waals surface area contributed by atoms with E-state index in [2.05, 4.69) is 10.2 Å². The van der Waals surface area contributed by atoms with Crippen molar-refractivity contribution in [2.24, 2.45) is 0 Å². The number of esters is 1. The van der Waals surface area contributed by atoms with Crippen LogP contribution in [0.5, 0.6) is 5.75 Å². The van der Waals surface area contributed by atoms with Crippen molar-refractivity contribution in [1.82, 2.24) is 10.2 Å². The molecule has 2 aromatic carbocycles. The summed E-state index contributed by atoms with van der Waals surface area (Å²) >= 11 is 0. The van der Waals surface area contributed by atoms with Crippen molar-refractivity contribution in [1.29, 1.82) is 0 Å². The highest BCUT2D eigenvalue weighted by Crippen LogP contribution is 2.33. The molecule has 0 saturated carbocycles. The molecule has 5 nitrogen and oxygen atoms in total.